The number of amides is 1. The first-order chi connectivity index (χ1) is 7.24. The number of benzene rings is 1. The lowest BCUT2D eigenvalue weighted by Crippen LogP contribution is -2.19. The summed E-state index contributed by atoms with van der Waals surface area (Å²) in [6, 6.07) is 7.13. The van der Waals surface area contributed by atoms with Gasteiger partial charge in [-0.3, -0.25) is 4.79 Å². The molecule has 0 atom stereocenters. The minimum atomic E-state index is -0.179. The number of para-hydroxylation sites is 2. The number of nitrogen functional groups attached to an aromatic ring is 1. The van der Waals surface area contributed by atoms with E-state index in [4.69, 9.17) is 10.5 Å². The number of nitrogens with one attached hydrogen (secondary N) is 1. The molecule has 1 rings (SSSR count). The average molecular weight is 208 g/mol. The van der Waals surface area contributed by atoms with E-state index >= 15 is 0 Å². The van der Waals surface area contributed by atoms with Crippen molar-refractivity contribution in [3.8, 4) is 0 Å². The summed E-state index contributed by atoms with van der Waals surface area (Å²) in [6.07, 6.45) is 0.904. The topological polar surface area (TPSA) is 64.3 Å². The number of anilines is 2. The van der Waals surface area contributed by atoms with Gasteiger partial charge in [-0.1, -0.05) is 19.1 Å². The molecular formula is C11H16N2O2. The van der Waals surface area contributed by atoms with Crippen molar-refractivity contribution in [3.05, 3.63) is 24.3 Å². The van der Waals surface area contributed by atoms with E-state index in [1.807, 2.05) is 19.1 Å². The van der Waals surface area contributed by atoms with E-state index < -0.39 is 0 Å². The SMILES string of the molecule is CCCOCC(=O)Nc1ccccc1N. The van der Waals surface area contributed by atoms with Crippen LogP contribution in [0.1, 0.15) is 13.3 Å². The molecule has 3 N–H and O–H groups in total. The third-order valence-corrected chi connectivity index (χ3v) is 1.82. The summed E-state index contributed by atoms with van der Waals surface area (Å²) in [7, 11) is 0. The van der Waals surface area contributed by atoms with Crippen LogP contribution in [0.2, 0.25) is 0 Å². The standard InChI is InChI=1S/C11H16N2O2/c1-2-7-15-8-11(14)13-10-6-4-3-5-9(10)12/h3-6H,2,7-8,12H2,1H3,(H,13,14). The fraction of sp³-hybridized carbons (Fsp3) is 0.364. The summed E-state index contributed by atoms with van der Waals surface area (Å²) in [5, 5.41) is 2.68. The van der Waals surface area contributed by atoms with Gasteiger partial charge in [0.2, 0.25) is 5.91 Å². The lowest BCUT2D eigenvalue weighted by Gasteiger charge is -2.07. The normalized spacial score (nSPS) is 9.93. The summed E-state index contributed by atoms with van der Waals surface area (Å²) in [5.41, 5.74) is 6.85. The van der Waals surface area contributed by atoms with E-state index in [2.05, 4.69) is 5.32 Å². The Balaban J connectivity index is 2.41. The van der Waals surface area contributed by atoms with Crippen molar-refractivity contribution in [1.82, 2.24) is 0 Å². The van der Waals surface area contributed by atoms with Gasteiger partial charge in [0.05, 0.1) is 11.4 Å². The van der Waals surface area contributed by atoms with Crippen molar-refractivity contribution in [2.24, 2.45) is 0 Å². The molecule has 0 aromatic heterocycles. The highest BCUT2D eigenvalue weighted by atomic mass is 16.5. The molecule has 1 aromatic carbocycles. The number of nitrogens with two attached hydrogens (primary N) is 1. The van der Waals surface area contributed by atoms with E-state index in [1.165, 1.54) is 0 Å². The summed E-state index contributed by atoms with van der Waals surface area (Å²) < 4.78 is 5.10. The van der Waals surface area contributed by atoms with Crippen LogP contribution >= 0.6 is 0 Å². The number of hydrogen-bond donors (Lipinski definition) is 2. The minimum absolute atomic E-state index is 0.0716. The van der Waals surface area contributed by atoms with Gasteiger partial charge in [-0.2, -0.15) is 0 Å². The van der Waals surface area contributed by atoms with Crippen molar-refractivity contribution in [2.75, 3.05) is 24.3 Å². The van der Waals surface area contributed by atoms with Gasteiger partial charge in [0.25, 0.3) is 0 Å². The van der Waals surface area contributed by atoms with Crippen molar-refractivity contribution in [1.29, 1.82) is 0 Å². The number of rotatable bonds is 5. The lowest BCUT2D eigenvalue weighted by molar-refractivity contribution is -0.120. The number of ether oxygens (including phenoxy) is 1. The molecule has 0 fully saturated rings. The number of carbonyl (C=O) groups excluding carboxylic acids is 1. The van der Waals surface area contributed by atoms with E-state index in [-0.39, 0.29) is 12.5 Å². The number of carbonyl (C=O) groups is 1. The molecule has 0 radical (unpaired) electrons. The molecule has 15 heavy (non-hydrogen) atoms. The van der Waals surface area contributed by atoms with Gasteiger partial charge in [0.1, 0.15) is 6.61 Å². The minimum Gasteiger partial charge on any atom is -0.397 e. The molecule has 1 amide bonds. The molecule has 0 unspecified atom stereocenters. The number of hydrogen-bond acceptors (Lipinski definition) is 3. The zero-order chi connectivity index (χ0) is 11.1. The summed E-state index contributed by atoms with van der Waals surface area (Å²) in [6.45, 7) is 2.66. The molecule has 4 heteroatoms. The highest BCUT2D eigenvalue weighted by Crippen LogP contribution is 2.16. The molecule has 0 aliphatic carbocycles. The zero-order valence-corrected chi connectivity index (χ0v) is 8.82. The van der Waals surface area contributed by atoms with Gasteiger partial charge >= 0.3 is 0 Å². The summed E-state index contributed by atoms with van der Waals surface area (Å²) in [5.74, 6) is -0.179. The molecule has 0 spiro atoms. The van der Waals surface area contributed by atoms with Crippen LogP contribution in [0, 0.1) is 0 Å². The molecule has 0 saturated carbocycles. The fourth-order valence-electron chi connectivity index (χ4n) is 1.11. The van der Waals surface area contributed by atoms with Gasteiger partial charge in [0, 0.05) is 6.61 Å². The molecule has 0 saturated heterocycles. The zero-order valence-electron chi connectivity index (χ0n) is 8.82. The summed E-state index contributed by atoms with van der Waals surface area (Å²) in [4.78, 5) is 11.3. The Morgan fingerprint density at radius 2 is 2.20 bits per heavy atom. The largest absolute Gasteiger partial charge is 0.397 e. The van der Waals surface area contributed by atoms with Gasteiger partial charge < -0.3 is 15.8 Å². The molecule has 4 nitrogen and oxygen atoms in total. The third-order valence-electron chi connectivity index (χ3n) is 1.82. The molecule has 0 heterocycles. The predicted octanol–water partition coefficient (Wildman–Crippen LogP) is 1.63. The van der Waals surface area contributed by atoms with Gasteiger partial charge in [-0.15, -0.1) is 0 Å². The molecule has 0 bridgehead atoms. The molecule has 0 aliphatic heterocycles. The Labute approximate surface area is 89.4 Å². The van der Waals surface area contributed by atoms with Gasteiger partial charge in [-0.25, -0.2) is 0 Å². The van der Waals surface area contributed by atoms with Crippen LogP contribution in [0.4, 0.5) is 11.4 Å². The summed E-state index contributed by atoms with van der Waals surface area (Å²) >= 11 is 0. The highest BCUT2D eigenvalue weighted by molar-refractivity contribution is 5.94. The van der Waals surface area contributed by atoms with Crippen LogP contribution in [0.5, 0.6) is 0 Å². The van der Waals surface area contributed by atoms with Crippen LogP contribution in [-0.2, 0) is 9.53 Å². The third kappa shape index (κ3) is 3.99. The molecule has 82 valence electrons. The fourth-order valence-corrected chi connectivity index (χ4v) is 1.11. The van der Waals surface area contributed by atoms with Crippen LogP contribution in [-0.4, -0.2) is 19.1 Å². The van der Waals surface area contributed by atoms with E-state index in [1.54, 1.807) is 12.1 Å². The lowest BCUT2D eigenvalue weighted by atomic mass is 10.3. The second-order valence-electron chi connectivity index (χ2n) is 3.19. The van der Waals surface area contributed by atoms with E-state index in [0.717, 1.165) is 6.42 Å². The predicted molar refractivity (Wildman–Crippen MR) is 60.6 cm³/mol. The maximum absolute atomic E-state index is 11.3. The Bertz CT molecular complexity index is 326. The Hall–Kier alpha value is -1.55. The monoisotopic (exact) mass is 208 g/mol. The average Bonchev–Trinajstić information content (AvgIpc) is 2.22. The van der Waals surface area contributed by atoms with Crippen LogP contribution in [0.25, 0.3) is 0 Å². The second-order valence-corrected chi connectivity index (χ2v) is 3.19. The van der Waals surface area contributed by atoms with Crippen LogP contribution in [0.3, 0.4) is 0 Å². The first-order valence-electron chi connectivity index (χ1n) is 4.96. The maximum atomic E-state index is 11.3. The second kappa shape index (κ2) is 6.03. The van der Waals surface area contributed by atoms with Gasteiger partial charge in [-0.05, 0) is 18.6 Å². The van der Waals surface area contributed by atoms with Crippen LogP contribution < -0.4 is 11.1 Å². The highest BCUT2D eigenvalue weighted by Gasteiger charge is 2.03. The maximum Gasteiger partial charge on any atom is 0.250 e. The van der Waals surface area contributed by atoms with Crippen molar-refractivity contribution < 1.29 is 9.53 Å². The van der Waals surface area contributed by atoms with Crippen molar-refractivity contribution >= 4 is 17.3 Å². The molecular weight excluding hydrogens is 192 g/mol. The Kier molecular flexibility index (Phi) is 4.63. The molecule has 0 aliphatic rings. The van der Waals surface area contributed by atoms with Crippen LogP contribution in [0.15, 0.2) is 24.3 Å². The first kappa shape index (κ1) is 11.5. The smallest absolute Gasteiger partial charge is 0.250 e. The first-order valence-corrected chi connectivity index (χ1v) is 4.96. The quantitative estimate of drug-likeness (QED) is 0.571. The van der Waals surface area contributed by atoms with E-state index in [0.29, 0.717) is 18.0 Å². The molecule has 1 aromatic rings. The Morgan fingerprint density at radius 1 is 1.47 bits per heavy atom. The van der Waals surface area contributed by atoms with Crippen molar-refractivity contribution in [2.45, 2.75) is 13.3 Å². The van der Waals surface area contributed by atoms with Crippen molar-refractivity contribution in [3.63, 3.8) is 0 Å². The Morgan fingerprint density at radius 3 is 2.87 bits per heavy atom. The van der Waals surface area contributed by atoms with E-state index in [9.17, 15) is 4.79 Å². The van der Waals surface area contributed by atoms with Gasteiger partial charge in [0.15, 0.2) is 0 Å².